The average Bonchev–Trinajstić information content (AvgIpc) is 2.40. The number of rotatable bonds is 2. The maximum absolute atomic E-state index is 12.6. The van der Waals surface area contributed by atoms with Crippen molar-refractivity contribution in [1.29, 1.82) is 0 Å². The number of hydrogen-bond acceptors (Lipinski definition) is 5. The van der Waals surface area contributed by atoms with E-state index in [-0.39, 0.29) is 17.0 Å². The van der Waals surface area contributed by atoms with Crippen molar-refractivity contribution in [2.24, 2.45) is 5.84 Å². The third-order valence-corrected chi connectivity index (χ3v) is 3.48. The first kappa shape index (κ1) is 14.5. The molecule has 1 aromatic heterocycles. The van der Waals surface area contributed by atoms with Crippen LogP contribution in [0.1, 0.15) is 24.2 Å². The summed E-state index contributed by atoms with van der Waals surface area (Å²) in [6.45, 7) is 4.26. The van der Waals surface area contributed by atoms with Crippen LogP contribution >= 0.6 is 11.6 Å². The van der Waals surface area contributed by atoms with Crippen LogP contribution < -0.4 is 16.6 Å². The van der Waals surface area contributed by atoms with Crippen LogP contribution in [0.2, 0.25) is 5.15 Å². The monoisotopic (exact) mass is 297 g/mol. The van der Waals surface area contributed by atoms with Crippen molar-refractivity contribution in [3.8, 4) is 0 Å². The standard InChI is InChI=1S/C12H16ClN5O2/c1-12(2)11(20)15-3-4-18(12)10(19)7-5-8(13)16-9(6-7)17-14/h5-6H,3-4,14H2,1-2H3,(H,15,20)(H,16,17). The smallest absolute Gasteiger partial charge is 0.255 e. The van der Waals surface area contributed by atoms with E-state index < -0.39 is 5.54 Å². The van der Waals surface area contributed by atoms with Gasteiger partial charge >= 0.3 is 0 Å². The molecule has 20 heavy (non-hydrogen) atoms. The molecule has 1 aliphatic rings. The number of nitrogens with two attached hydrogens (primary N) is 1. The van der Waals surface area contributed by atoms with Gasteiger partial charge in [-0.25, -0.2) is 10.8 Å². The largest absolute Gasteiger partial charge is 0.352 e. The number of carbonyl (C=O) groups is 2. The molecular formula is C12H16ClN5O2. The Morgan fingerprint density at radius 3 is 2.90 bits per heavy atom. The number of amides is 2. The molecule has 1 aromatic rings. The second kappa shape index (κ2) is 5.26. The highest BCUT2D eigenvalue weighted by Gasteiger charge is 2.40. The summed E-state index contributed by atoms with van der Waals surface area (Å²) >= 11 is 5.85. The fraction of sp³-hybridized carbons (Fsp3) is 0.417. The summed E-state index contributed by atoms with van der Waals surface area (Å²) in [6.07, 6.45) is 0. The molecule has 1 fully saturated rings. The Balaban J connectivity index is 2.35. The SMILES string of the molecule is CC1(C)C(=O)NCCN1C(=O)c1cc(Cl)nc(NN)c1. The first-order chi connectivity index (χ1) is 9.36. The molecule has 2 amide bonds. The lowest BCUT2D eigenvalue weighted by atomic mass is 9.97. The molecule has 0 radical (unpaired) electrons. The Hall–Kier alpha value is -1.86. The van der Waals surface area contributed by atoms with E-state index in [1.165, 1.54) is 17.0 Å². The van der Waals surface area contributed by atoms with Gasteiger partial charge in [0, 0.05) is 18.7 Å². The summed E-state index contributed by atoms with van der Waals surface area (Å²) in [5.41, 5.74) is 1.77. The lowest BCUT2D eigenvalue weighted by Gasteiger charge is -2.41. The topological polar surface area (TPSA) is 100 Å². The van der Waals surface area contributed by atoms with Crippen molar-refractivity contribution in [3.63, 3.8) is 0 Å². The van der Waals surface area contributed by atoms with E-state index >= 15 is 0 Å². The Labute approximate surface area is 121 Å². The molecule has 0 saturated carbocycles. The number of nitrogen functional groups attached to an aromatic ring is 1. The predicted octanol–water partition coefficient (Wildman–Crippen LogP) is 0.371. The highest BCUT2D eigenvalue weighted by atomic mass is 35.5. The zero-order valence-electron chi connectivity index (χ0n) is 11.2. The van der Waals surface area contributed by atoms with E-state index in [0.717, 1.165) is 0 Å². The molecule has 7 nitrogen and oxygen atoms in total. The number of nitrogens with one attached hydrogen (secondary N) is 2. The highest BCUT2D eigenvalue weighted by Crippen LogP contribution is 2.22. The number of nitrogens with zero attached hydrogens (tertiary/aromatic N) is 2. The maximum atomic E-state index is 12.6. The number of aromatic nitrogens is 1. The molecule has 1 saturated heterocycles. The minimum Gasteiger partial charge on any atom is -0.352 e. The number of pyridine rings is 1. The van der Waals surface area contributed by atoms with Crippen LogP contribution in [0, 0.1) is 0 Å². The van der Waals surface area contributed by atoms with E-state index in [2.05, 4.69) is 15.7 Å². The van der Waals surface area contributed by atoms with E-state index in [9.17, 15) is 9.59 Å². The second-order valence-corrected chi connectivity index (χ2v) is 5.37. The van der Waals surface area contributed by atoms with Crippen LogP contribution in [0.15, 0.2) is 12.1 Å². The van der Waals surface area contributed by atoms with Crippen LogP contribution in [0.5, 0.6) is 0 Å². The first-order valence-electron chi connectivity index (χ1n) is 6.10. The van der Waals surface area contributed by atoms with Gasteiger partial charge in [-0.05, 0) is 26.0 Å². The Morgan fingerprint density at radius 2 is 2.25 bits per heavy atom. The quantitative estimate of drug-likeness (QED) is 0.416. The zero-order chi connectivity index (χ0) is 14.9. The normalized spacial score (nSPS) is 17.6. The summed E-state index contributed by atoms with van der Waals surface area (Å²) in [7, 11) is 0. The minimum absolute atomic E-state index is 0.156. The van der Waals surface area contributed by atoms with Crippen LogP contribution in [0.4, 0.5) is 5.82 Å². The Kier molecular flexibility index (Phi) is 3.82. The number of piperazine rings is 1. The fourth-order valence-electron chi connectivity index (χ4n) is 2.11. The molecule has 2 rings (SSSR count). The number of carbonyl (C=O) groups excluding carboxylic acids is 2. The fourth-order valence-corrected chi connectivity index (χ4v) is 2.31. The third-order valence-electron chi connectivity index (χ3n) is 3.29. The molecule has 108 valence electrons. The molecular weight excluding hydrogens is 282 g/mol. The third kappa shape index (κ3) is 2.54. The van der Waals surface area contributed by atoms with Gasteiger partial charge in [0.1, 0.15) is 16.5 Å². The lowest BCUT2D eigenvalue weighted by Crippen LogP contribution is -2.63. The summed E-state index contributed by atoms with van der Waals surface area (Å²) in [4.78, 5) is 29.9. The molecule has 0 aliphatic carbocycles. The van der Waals surface area contributed by atoms with E-state index in [1.54, 1.807) is 13.8 Å². The van der Waals surface area contributed by atoms with Gasteiger partial charge in [-0.15, -0.1) is 0 Å². The molecule has 0 unspecified atom stereocenters. The van der Waals surface area contributed by atoms with Crippen LogP contribution in [-0.2, 0) is 4.79 Å². The average molecular weight is 298 g/mol. The van der Waals surface area contributed by atoms with Gasteiger partial charge in [0.2, 0.25) is 5.91 Å². The van der Waals surface area contributed by atoms with E-state index in [4.69, 9.17) is 17.4 Å². The van der Waals surface area contributed by atoms with Gasteiger partial charge < -0.3 is 15.6 Å². The van der Waals surface area contributed by atoms with Gasteiger partial charge in [-0.1, -0.05) is 11.6 Å². The highest BCUT2D eigenvalue weighted by molar-refractivity contribution is 6.30. The number of hydrogen-bond donors (Lipinski definition) is 3. The van der Waals surface area contributed by atoms with Gasteiger partial charge in [0.25, 0.3) is 5.91 Å². The molecule has 0 atom stereocenters. The van der Waals surface area contributed by atoms with Crippen LogP contribution in [0.25, 0.3) is 0 Å². The van der Waals surface area contributed by atoms with Crippen molar-refractivity contribution >= 4 is 29.2 Å². The lowest BCUT2D eigenvalue weighted by molar-refractivity contribution is -0.133. The van der Waals surface area contributed by atoms with Gasteiger partial charge in [0.05, 0.1) is 0 Å². The number of hydrazine groups is 1. The van der Waals surface area contributed by atoms with Crippen molar-refractivity contribution in [1.82, 2.24) is 15.2 Å². The molecule has 0 aromatic carbocycles. The first-order valence-corrected chi connectivity index (χ1v) is 6.48. The number of halogens is 1. The Bertz CT molecular complexity index is 561. The predicted molar refractivity (Wildman–Crippen MR) is 75.2 cm³/mol. The molecule has 1 aliphatic heterocycles. The molecule has 0 spiro atoms. The molecule has 8 heteroatoms. The van der Waals surface area contributed by atoms with Crippen molar-refractivity contribution < 1.29 is 9.59 Å². The van der Waals surface area contributed by atoms with Crippen molar-refractivity contribution in [3.05, 3.63) is 22.8 Å². The van der Waals surface area contributed by atoms with Crippen molar-refractivity contribution in [2.75, 3.05) is 18.5 Å². The summed E-state index contributed by atoms with van der Waals surface area (Å²) in [5, 5.41) is 2.89. The summed E-state index contributed by atoms with van der Waals surface area (Å²) in [6, 6.07) is 2.95. The zero-order valence-corrected chi connectivity index (χ0v) is 12.0. The maximum Gasteiger partial charge on any atom is 0.255 e. The Morgan fingerprint density at radius 1 is 1.55 bits per heavy atom. The number of anilines is 1. The summed E-state index contributed by atoms with van der Waals surface area (Å²) < 4.78 is 0. The van der Waals surface area contributed by atoms with Gasteiger partial charge in [-0.2, -0.15) is 0 Å². The summed E-state index contributed by atoms with van der Waals surface area (Å²) in [5.74, 6) is 5.10. The van der Waals surface area contributed by atoms with Crippen LogP contribution in [-0.4, -0.2) is 40.3 Å². The minimum atomic E-state index is -0.915. The van der Waals surface area contributed by atoms with Gasteiger partial charge in [0.15, 0.2) is 0 Å². The molecule has 4 N–H and O–H groups in total. The van der Waals surface area contributed by atoms with E-state index in [0.29, 0.717) is 24.5 Å². The van der Waals surface area contributed by atoms with Crippen molar-refractivity contribution in [2.45, 2.75) is 19.4 Å². The molecule has 0 bridgehead atoms. The second-order valence-electron chi connectivity index (χ2n) is 4.98. The van der Waals surface area contributed by atoms with E-state index in [1.807, 2.05) is 0 Å². The molecule has 2 heterocycles. The van der Waals surface area contributed by atoms with Gasteiger partial charge in [-0.3, -0.25) is 9.59 Å². The van der Waals surface area contributed by atoms with Crippen LogP contribution in [0.3, 0.4) is 0 Å².